The number of carbonyl (C=O) groups excluding carboxylic acids is 1. The minimum Gasteiger partial charge on any atom is -0.381 e. The predicted octanol–water partition coefficient (Wildman–Crippen LogP) is 0.254. The standard InChI is InChI=1S/C16H29N3O3/c17-11-13-3-4-14(22-13)15(20)18-12-16(5-9-21-10-6-16)19-7-1-2-8-19/h13-14H,1-12,17H2,(H,18,20)/t13-,14+/m1/s1. The fourth-order valence-electron chi connectivity index (χ4n) is 3.99. The van der Waals surface area contributed by atoms with Gasteiger partial charge in [-0.1, -0.05) is 0 Å². The molecular weight excluding hydrogens is 282 g/mol. The van der Waals surface area contributed by atoms with Gasteiger partial charge in [0.1, 0.15) is 6.10 Å². The molecule has 0 aromatic carbocycles. The Morgan fingerprint density at radius 3 is 2.59 bits per heavy atom. The van der Waals surface area contributed by atoms with Crippen LogP contribution in [0.3, 0.4) is 0 Å². The van der Waals surface area contributed by atoms with Gasteiger partial charge in [0.2, 0.25) is 5.91 Å². The van der Waals surface area contributed by atoms with E-state index in [2.05, 4.69) is 10.2 Å². The summed E-state index contributed by atoms with van der Waals surface area (Å²) in [4.78, 5) is 14.9. The second-order valence-corrected chi connectivity index (χ2v) is 6.81. The third-order valence-corrected chi connectivity index (χ3v) is 5.45. The Morgan fingerprint density at radius 1 is 1.23 bits per heavy atom. The van der Waals surface area contributed by atoms with E-state index in [0.29, 0.717) is 13.1 Å². The van der Waals surface area contributed by atoms with E-state index in [1.54, 1.807) is 0 Å². The lowest BCUT2D eigenvalue weighted by Crippen LogP contribution is -2.58. The highest BCUT2D eigenvalue weighted by molar-refractivity contribution is 5.81. The van der Waals surface area contributed by atoms with E-state index in [1.165, 1.54) is 12.8 Å². The van der Waals surface area contributed by atoms with Crippen molar-refractivity contribution in [1.29, 1.82) is 0 Å². The molecule has 3 fully saturated rings. The van der Waals surface area contributed by atoms with Crippen LogP contribution in [0.5, 0.6) is 0 Å². The summed E-state index contributed by atoms with van der Waals surface area (Å²) in [6.45, 7) is 5.08. The van der Waals surface area contributed by atoms with Crippen molar-refractivity contribution in [3.8, 4) is 0 Å². The quantitative estimate of drug-likeness (QED) is 0.761. The largest absolute Gasteiger partial charge is 0.381 e. The maximum atomic E-state index is 12.4. The van der Waals surface area contributed by atoms with Crippen LogP contribution in [0.1, 0.15) is 38.5 Å². The zero-order valence-electron chi connectivity index (χ0n) is 13.4. The molecule has 0 saturated carbocycles. The fraction of sp³-hybridized carbons (Fsp3) is 0.938. The average Bonchev–Trinajstić information content (AvgIpc) is 3.24. The van der Waals surface area contributed by atoms with Gasteiger partial charge in [-0.2, -0.15) is 0 Å². The van der Waals surface area contributed by atoms with Gasteiger partial charge in [0.15, 0.2) is 0 Å². The number of likely N-dealkylation sites (tertiary alicyclic amines) is 1. The summed E-state index contributed by atoms with van der Waals surface area (Å²) in [6.07, 6.45) is 5.94. The number of carbonyl (C=O) groups is 1. The van der Waals surface area contributed by atoms with Gasteiger partial charge >= 0.3 is 0 Å². The highest BCUT2D eigenvalue weighted by Crippen LogP contribution is 2.31. The number of ether oxygens (including phenoxy) is 2. The van der Waals surface area contributed by atoms with E-state index in [0.717, 1.165) is 52.0 Å². The summed E-state index contributed by atoms with van der Waals surface area (Å²) in [5.74, 6) is 0.0287. The van der Waals surface area contributed by atoms with Crippen molar-refractivity contribution in [3.63, 3.8) is 0 Å². The number of nitrogens with two attached hydrogens (primary N) is 1. The first-order chi connectivity index (χ1) is 10.7. The SMILES string of the molecule is NC[C@H]1CC[C@@H](C(=O)NCC2(N3CCCC3)CCOCC2)O1. The van der Waals surface area contributed by atoms with Crippen LogP contribution in [-0.2, 0) is 14.3 Å². The van der Waals surface area contributed by atoms with E-state index < -0.39 is 0 Å². The van der Waals surface area contributed by atoms with Gasteiger partial charge < -0.3 is 20.5 Å². The summed E-state index contributed by atoms with van der Waals surface area (Å²) in [6, 6.07) is 0. The Bertz CT molecular complexity index is 379. The third-order valence-electron chi connectivity index (χ3n) is 5.45. The topological polar surface area (TPSA) is 76.8 Å². The molecule has 1 amide bonds. The Kier molecular flexibility index (Phi) is 5.33. The van der Waals surface area contributed by atoms with E-state index >= 15 is 0 Å². The van der Waals surface area contributed by atoms with Gasteiger partial charge in [-0.25, -0.2) is 0 Å². The Hall–Kier alpha value is -0.690. The first kappa shape index (κ1) is 16.2. The Balaban J connectivity index is 1.56. The zero-order valence-corrected chi connectivity index (χ0v) is 13.4. The van der Waals surface area contributed by atoms with Crippen LogP contribution in [-0.4, -0.2) is 67.9 Å². The van der Waals surface area contributed by atoms with Gasteiger partial charge in [-0.05, 0) is 51.6 Å². The molecule has 3 aliphatic heterocycles. The van der Waals surface area contributed by atoms with Crippen molar-refractivity contribution in [3.05, 3.63) is 0 Å². The van der Waals surface area contributed by atoms with Crippen LogP contribution < -0.4 is 11.1 Å². The van der Waals surface area contributed by atoms with E-state index in [9.17, 15) is 4.79 Å². The van der Waals surface area contributed by atoms with Gasteiger partial charge in [0, 0.05) is 31.8 Å². The molecule has 2 atom stereocenters. The average molecular weight is 311 g/mol. The zero-order chi connectivity index (χ0) is 15.4. The second-order valence-electron chi connectivity index (χ2n) is 6.81. The lowest BCUT2D eigenvalue weighted by atomic mass is 9.88. The molecule has 0 spiro atoms. The molecule has 0 unspecified atom stereocenters. The van der Waals surface area contributed by atoms with Crippen molar-refractivity contribution in [2.75, 3.05) is 39.4 Å². The molecule has 3 rings (SSSR count). The van der Waals surface area contributed by atoms with Crippen molar-refractivity contribution in [1.82, 2.24) is 10.2 Å². The molecule has 0 radical (unpaired) electrons. The molecule has 3 aliphatic rings. The lowest BCUT2D eigenvalue weighted by Gasteiger charge is -2.44. The van der Waals surface area contributed by atoms with Crippen molar-refractivity contribution in [2.45, 2.75) is 56.3 Å². The smallest absolute Gasteiger partial charge is 0.249 e. The van der Waals surface area contributed by atoms with Crippen LogP contribution in [0.15, 0.2) is 0 Å². The summed E-state index contributed by atoms with van der Waals surface area (Å²) < 4.78 is 11.2. The first-order valence-electron chi connectivity index (χ1n) is 8.69. The maximum Gasteiger partial charge on any atom is 0.249 e. The first-order valence-corrected chi connectivity index (χ1v) is 8.69. The number of hydrogen-bond donors (Lipinski definition) is 2. The summed E-state index contributed by atoms with van der Waals surface area (Å²) in [5.41, 5.74) is 5.69. The third kappa shape index (κ3) is 3.45. The van der Waals surface area contributed by atoms with Gasteiger partial charge in [-0.15, -0.1) is 0 Å². The minimum absolute atomic E-state index is 0.0287. The van der Waals surface area contributed by atoms with Gasteiger partial charge in [0.05, 0.1) is 6.10 Å². The normalized spacial score (nSPS) is 32.2. The fourth-order valence-corrected chi connectivity index (χ4v) is 3.99. The van der Waals surface area contributed by atoms with Crippen LogP contribution in [0.25, 0.3) is 0 Å². The molecule has 3 heterocycles. The van der Waals surface area contributed by atoms with E-state index in [4.69, 9.17) is 15.2 Å². The van der Waals surface area contributed by atoms with E-state index in [-0.39, 0.29) is 23.7 Å². The van der Waals surface area contributed by atoms with Crippen LogP contribution in [0.2, 0.25) is 0 Å². The van der Waals surface area contributed by atoms with Crippen molar-refractivity contribution < 1.29 is 14.3 Å². The maximum absolute atomic E-state index is 12.4. The molecule has 0 bridgehead atoms. The highest BCUT2D eigenvalue weighted by Gasteiger charge is 2.40. The molecule has 0 aromatic rings. The van der Waals surface area contributed by atoms with Crippen molar-refractivity contribution >= 4 is 5.91 Å². The summed E-state index contributed by atoms with van der Waals surface area (Å²) in [7, 11) is 0. The molecule has 22 heavy (non-hydrogen) atoms. The molecule has 3 saturated heterocycles. The molecule has 0 aromatic heterocycles. The number of hydrogen-bond acceptors (Lipinski definition) is 5. The van der Waals surface area contributed by atoms with Gasteiger partial charge in [-0.3, -0.25) is 9.69 Å². The number of rotatable bonds is 5. The summed E-state index contributed by atoms with van der Waals surface area (Å²) in [5, 5.41) is 3.15. The molecule has 126 valence electrons. The molecule has 6 nitrogen and oxygen atoms in total. The highest BCUT2D eigenvalue weighted by atomic mass is 16.5. The number of nitrogens with zero attached hydrogens (tertiary/aromatic N) is 1. The Morgan fingerprint density at radius 2 is 1.95 bits per heavy atom. The van der Waals surface area contributed by atoms with Crippen LogP contribution in [0.4, 0.5) is 0 Å². The number of amides is 1. The molecule has 0 aliphatic carbocycles. The summed E-state index contributed by atoms with van der Waals surface area (Å²) >= 11 is 0. The predicted molar refractivity (Wildman–Crippen MR) is 83.6 cm³/mol. The van der Waals surface area contributed by atoms with Crippen LogP contribution in [0, 0.1) is 0 Å². The Labute approximate surface area is 132 Å². The van der Waals surface area contributed by atoms with Crippen LogP contribution >= 0.6 is 0 Å². The lowest BCUT2D eigenvalue weighted by molar-refractivity contribution is -0.133. The molecule has 3 N–H and O–H groups in total. The monoisotopic (exact) mass is 311 g/mol. The second kappa shape index (κ2) is 7.25. The minimum atomic E-state index is -0.316. The molecular formula is C16H29N3O3. The molecule has 6 heteroatoms. The number of nitrogens with one attached hydrogen (secondary N) is 1. The van der Waals surface area contributed by atoms with Gasteiger partial charge in [0.25, 0.3) is 0 Å². The van der Waals surface area contributed by atoms with E-state index in [1.807, 2.05) is 0 Å². The van der Waals surface area contributed by atoms with Crippen molar-refractivity contribution in [2.24, 2.45) is 5.73 Å².